The molecule has 1 unspecified atom stereocenters. The van der Waals surface area contributed by atoms with Crippen LogP contribution >= 0.6 is 0 Å². The second kappa shape index (κ2) is 3.89. The van der Waals surface area contributed by atoms with Gasteiger partial charge in [-0.25, -0.2) is 0 Å². The van der Waals surface area contributed by atoms with E-state index in [2.05, 4.69) is 6.92 Å². The first-order chi connectivity index (χ1) is 6.31. The molecular formula is C11H22N2O. The van der Waals surface area contributed by atoms with Crippen LogP contribution in [0.25, 0.3) is 0 Å². The Morgan fingerprint density at radius 3 is 2.43 bits per heavy atom. The Morgan fingerprint density at radius 2 is 2.07 bits per heavy atom. The van der Waals surface area contributed by atoms with E-state index in [1.807, 2.05) is 25.8 Å². The number of amides is 1. The van der Waals surface area contributed by atoms with Crippen molar-refractivity contribution in [3.8, 4) is 0 Å². The average Bonchev–Trinajstić information content (AvgIpc) is 2.80. The SMILES string of the molecule is CC(C1CC1)N(C)C(=O)CC(C)(C)N. The van der Waals surface area contributed by atoms with Crippen LogP contribution in [0.3, 0.4) is 0 Å². The molecule has 0 aliphatic heterocycles. The monoisotopic (exact) mass is 198 g/mol. The number of carbonyl (C=O) groups excluding carboxylic acids is 1. The summed E-state index contributed by atoms with van der Waals surface area (Å²) in [5.41, 5.74) is 5.42. The maximum Gasteiger partial charge on any atom is 0.224 e. The summed E-state index contributed by atoms with van der Waals surface area (Å²) in [5, 5.41) is 0. The van der Waals surface area contributed by atoms with Gasteiger partial charge in [-0.15, -0.1) is 0 Å². The summed E-state index contributed by atoms with van der Waals surface area (Å²) in [4.78, 5) is 13.6. The summed E-state index contributed by atoms with van der Waals surface area (Å²) in [6.45, 7) is 5.90. The Hall–Kier alpha value is -0.570. The molecule has 1 amide bonds. The highest BCUT2D eigenvalue weighted by molar-refractivity contribution is 5.77. The first-order valence-corrected chi connectivity index (χ1v) is 5.36. The van der Waals surface area contributed by atoms with Crippen molar-refractivity contribution in [1.82, 2.24) is 4.90 Å². The van der Waals surface area contributed by atoms with Crippen molar-refractivity contribution in [2.45, 2.75) is 51.6 Å². The highest BCUT2D eigenvalue weighted by Crippen LogP contribution is 2.34. The van der Waals surface area contributed by atoms with Crippen LogP contribution in [0.15, 0.2) is 0 Å². The van der Waals surface area contributed by atoms with Crippen molar-refractivity contribution < 1.29 is 4.79 Å². The van der Waals surface area contributed by atoms with Gasteiger partial charge >= 0.3 is 0 Å². The fourth-order valence-electron chi connectivity index (χ4n) is 1.64. The third-order valence-corrected chi connectivity index (χ3v) is 2.92. The summed E-state index contributed by atoms with van der Waals surface area (Å²) in [7, 11) is 1.89. The van der Waals surface area contributed by atoms with Crippen molar-refractivity contribution in [2.24, 2.45) is 11.7 Å². The highest BCUT2D eigenvalue weighted by atomic mass is 16.2. The van der Waals surface area contributed by atoms with Gasteiger partial charge in [0, 0.05) is 25.0 Å². The smallest absolute Gasteiger partial charge is 0.224 e. The minimum absolute atomic E-state index is 0.164. The van der Waals surface area contributed by atoms with Gasteiger partial charge in [0.05, 0.1) is 0 Å². The van der Waals surface area contributed by atoms with Gasteiger partial charge in [0.1, 0.15) is 0 Å². The number of hydrogen-bond donors (Lipinski definition) is 1. The van der Waals surface area contributed by atoms with E-state index in [1.165, 1.54) is 12.8 Å². The van der Waals surface area contributed by atoms with Crippen molar-refractivity contribution in [3.63, 3.8) is 0 Å². The molecule has 1 aliphatic carbocycles. The number of hydrogen-bond acceptors (Lipinski definition) is 2. The molecule has 0 aromatic carbocycles. The normalized spacial score (nSPS) is 19.2. The second-order valence-electron chi connectivity index (χ2n) is 5.25. The van der Waals surface area contributed by atoms with Crippen LogP contribution in [-0.4, -0.2) is 29.4 Å². The van der Waals surface area contributed by atoms with Crippen LogP contribution in [0.2, 0.25) is 0 Å². The van der Waals surface area contributed by atoms with E-state index in [9.17, 15) is 4.79 Å². The highest BCUT2D eigenvalue weighted by Gasteiger charge is 2.33. The molecule has 2 N–H and O–H groups in total. The zero-order valence-electron chi connectivity index (χ0n) is 9.71. The summed E-state index contributed by atoms with van der Waals surface area (Å²) in [5.74, 6) is 0.890. The molecule has 1 rings (SSSR count). The molecule has 1 atom stereocenters. The Balaban J connectivity index is 2.43. The molecule has 1 fully saturated rings. The number of nitrogens with two attached hydrogens (primary N) is 1. The van der Waals surface area contributed by atoms with E-state index < -0.39 is 5.54 Å². The number of carbonyl (C=O) groups is 1. The van der Waals surface area contributed by atoms with Gasteiger partial charge in [0.15, 0.2) is 0 Å². The lowest BCUT2D eigenvalue weighted by Crippen LogP contribution is -2.43. The van der Waals surface area contributed by atoms with Gasteiger partial charge in [0.2, 0.25) is 5.91 Å². The zero-order chi connectivity index (χ0) is 10.9. The average molecular weight is 198 g/mol. The molecule has 0 aromatic heterocycles. The van der Waals surface area contributed by atoms with Crippen LogP contribution in [0.5, 0.6) is 0 Å². The lowest BCUT2D eigenvalue weighted by Gasteiger charge is -2.28. The molecular weight excluding hydrogens is 176 g/mol. The Bertz CT molecular complexity index is 216. The summed E-state index contributed by atoms with van der Waals surface area (Å²) in [6.07, 6.45) is 2.97. The molecule has 14 heavy (non-hydrogen) atoms. The molecule has 1 saturated carbocycles. The molecule has 3 heteroatoms. The summed E-state index contributed by atoms with van der Waals surface area (Å²) >= 11 is 0. The maximum absolute atomic E-state index is 11.8. The zero-order valence-corrected chi connectivity index (χ0v) is 9.71. The lowest BCUT2D eigenvalue weighted by molar-refractivity contribution is -0.133. The number of nitrogens with zero attached hydrogens (tertiary/aromatic N) is 1. The van der Waals surface area contributed by atoms with Crippen LogP contribution in [-0.2, 0) is 4.79 Å². The van der Waals surface area contributed by atoms with Crippen LogP contribution < -0.4 is 5.73 Å². The van der Waals surface area contributed by atoms with Crippen molar-refractivity contribution >= 4 is 5.91 Å². The van der Waals surface area contributed by atoms with Crippen LogP contribution in [0, 0.1) is 5.92 Å². The van der Waals surface area contributed by atoms with Gasteiger partial charge in [-0.1, -0.05) is 0 Å². The fraction of sp³-hybridized carbons (Fsp3) is 0.909. The maximum atomic E-state index is 11.8. The van der Waals surface area contributed by atoms with Crippen LogP contribution in [0.4, 0.5) is 0 Å². The lowest BCUT2D eigenvalue weighted by atomic mass is 10.0. The molecule has 3 nitrogen and oxygen atoms in total. The minimum Gasteiger partial charge on any atom is -0.343 e. The predicted octanol–water partition coefficient (Wildman–Crippen LogP) is 1.37. The van der Waals surface area contributed by atoms with E-state index in [-0.39, 0.29) is 5.91 Å². The summed E-state index contributed by atoms with van der Waals surface area (Å²) < 4.78 is 0. The fourth-order valence-corrected chi connectivity index (χ4v) is 1.64. The Labute approximate surface area is 86.6 Å². The van der Waals surface area contributed by atoms with E-state index >= 15 is 0 Å². The van der Waals surface area contributed by atoms with Gasteiger partial charge in [-0.3, -0.25) is 4.79 Å². The summed E-state index contributed by atoms with van der Waals surface area (Å²) in [6, 6.07) is 0.379. The van der Waals surface area contributed by atoms with Crippen molar-refractivity contribution in [2.75, 3.05) is 7.05 Å². The van der Waals surface area contributed by atoms with Crippen LogP contribution in [0.1, 0.15) is 40.0 Å². The largest absolute Gasteiger partial charge is 0.343 e. The van der Waals surface area contributed by atoms with E-state index in [0.717, 1.165) is 5.92 Å². The molecule has 0 saturated heterocycles. The molecule has 0 bridgehead atoms. The van der Waals surface area contributed by atoms with Crippen molar-refractivity contribution in [1.29, 1.82) is 0 Å². The number of rotatable bonds is 4. The van der Waals surface area contributed by atoms with Gasteiger partial charge in [0.25, 0.3) is 0 Å². The van der Waals surface area contributed by atoms with Crippen molar-refractivity contribution in [3.05, 3.63) is 0 Å². The van der Waals surface area contributed by atoms with E-state index in [0.29, 0.717) is 12.5 Å². The molecule has 0 heterocycles. The first kappa shape index (κ1) is 11.5. The second-order valence-corrected chi connectivity index (χ2v) is 5.25. The topological polar surface area (TPSA) is 46.3 Å². The minimum atomic E-state index is -0.394. The van der Waals surface area contributed by atoms with E-state index in [1.54, 1.807) is 0 Å². The first-order valence-electron chi connectivity index (χ1n) is 5.36. The Morgan fingerprint density at radius 1 is 1.57 bits per heavy atom. The quantitative estimate of drug-likeness (QED) is 0.741. The standard InChI is InChI=1S/C11H22N2O/c1-8(9-5-6-9)13(4)10(14)7-11(2,3)12/h8-9H,5-7,12H2,1-4H3. The van der Waals surface area contributed by atoms with Gasteiger partial charge in [-0.2, -0.15) is 0 Å². The molecule has 0 spiro atoms. The molecule has 1 aliphatic rings. The third-order valence-electron chi connectivity index (χ3n) is 2.92. The molecule has 0 aromatic rings. The molecule has 82 valence electrons. The molecule has 0 radical (unpaired) electrons. The third kappa shape index (κ3) is 3.29. The van der Waals surface area contributed by atoms with Gasteiger partial charge in [-0.05, 0) is 39.5 Å². The Kier molecular flexibility index (Phi) is 3.20. The van der Waals surface area contributed by atoms with E-state index in [4.69, 9.17) is 5.73 Å². The van der Waals surface area contributed by atoms with Gasteiger partial charge < -0.3 is 10.6 Å². The predicted molar refractivity (Wildman–Crippen MR) is 57.8 cm³/mol.